The van der Waals surface area contributed by atoms with Gasteiger partial charge in [0.2, 0.25) is 0 Å². The molecule has 4 saturated carbocycles. The molecule has 0 radical (unpaired) electrons. The van der Waals surface area contributed by atoms with Gasteiger partial charge in [0, 0.05) is 12.3 Å². The molecule has 4 aliphatic carbocycles. The third-order valence-electron chi connectivity index (χ3n) is 12.0. The quantitative estimate of drug-likeness (QED) is 0.579. The van der Waals surface area contributed by atoms with Crippen molar-refractivity contribution in [2.45, 2.75) is 110 Å². The SMILES string of the molecule is CC1CCC2(OC1)OC1CC3C4CCC5CC(O)CC(O)C5(C)C4CCC3(C)C1C2C. The second kappa shape index (κ2) is 6.93. The Labute approximate surface area is 188 Å². The summed E-state index contributed by atoms with van der Waals surface area (Å²) in [6, 6.07) is 0. The normalized spacial score (nSPS) is 63.3. The number of fused-ring (bicyclic) bond motifs is 7. The van der Waals surface area contributed by atoms with Crippen LogP contribution in [0.2, 0.25) is 0 Å². The average molecular weight is 433 g/mol. The lowest BCUT2D eigenvalue weighted by atomic mass is 9.43. The number of hydrogen-bond acceptors (Lipinski definition) is 4. The summed E-state index contributed by atoms with van der Waals surface area (Å²) < 4.78 is 13.3. The zero-order chi connectivity index (χ0) is 21.8. The third kappa shape index (κ3) is 2.74. The molecule has 13 unspecified atom stereocenters. The van der Waals surface area contributed by atoms with Crippen LogP contribution in [0.4, 0.5) is 0 Å². The predicted molar refractivity (Wildman–Crippen MR) is 119 cm³/mol. The van der Waals surface area contributed by atoms with Gasteiger partial charge in [0.05, 0.1) is 24.9 Å². The smallest absolute Gasteiger partial charge is 0.171 e. The zero-order valence-electron chi connectivity index (χ0n) is 20.1. The lowest BCUT2D eigenvalue weighted by molar-refractivity contribution is -0.273. The molecule has 2 aliphatic heterocycles. The van der Waals surface area contributed by atoms with Crippen molar-refractivity contribution in [2.75, 3.05) is 6.61 Å². The van der Waals surface area contributed by atoms with E-state index in [1.54, 1.807) is 0 Å². The third-order valence-corrected chi connectivity index (χ3v) is 12.0. The van der Waals surface area contributed by atoms with E-state index in [1.165, 1.54) is 38.5 Å². The second-order valence-corrected chi connectivity index (χ2v) is 13.2. The molecule has 0 aromatic carbocycles. The number of hydrogen-bond donors (Lipinski definition) is 2. The van der Waals surface area contributed by atoms with Crippen LogP contribution in [0.25, 0.3) is 0 Å². The molecule has 6 rings (SSSR count). The summed E-state index contributed by atoms with van der Waals surface area (Å²) in [5.41, 5.74) is 0.320. The van der Waals surface area contributed by atoms with E-state index in [0.717, 1.165) is 19.4 Å². The molecule has 4 heteroatoms. The lowest BCUT2D eigenvalue weighted by Gasteiger charge is -2.62. The summed E-state index contributed by atoms with van der Waals surface area (Å²) in [6.45, 7) is 10.5. The Morgan fingerprint density at radius 1 is 0.871 bits per heavy atom. The minimum Gasteiger partial charge on any atom is -0.393 e. The highest BCUT2D eigenvalue weighted by atomic mass is 16.7. The Hall–Kier alpha value is -0.160. The number of rotatable bonds is 0. The fourth-order valence-electron chi connectivity index (χ4n) is 10.3. The van der Waals surface area contributed by atoms with Crippen molar-refractivity contribution in [1.82, 2.24) is 0 Å². The van der Waals surface area contributed by atoms with Gasteiger partial charge in [-0.2, -0.15) is 0 Å². The Morgan fingerprint density at radius 2 is 1.68 bits per heavy atom. The van der Waals surface area contributed by atoms with Crippen molar-refractivity contribution in [3.05, 3.63) is 0 Å². The Bertz CT molecular complexity index is 716. The van der Waals surface area contributed by atoms with Gasteiger partial charge in [-0.25, -0.2) is 0 Å². The molecule has 0 aromatic heterocycles. The molecule has 13 atom stereocenters. The van der Waals surface area contributed by atoms with E-state index in [9.17, 15) is 10.2 Å². The van der Waals surface area contributed by atoms with Gasteiger partial charge in [0.15, 0.2) is 5.79 Å². The summed E-state index contributed by atoms with van der Waals surface area (Å²) in [6.07, 6.45) is 9.56. The van der Waals surface area contributed by atoms with Crippen LogP contribution >= 0.6 is 0 Å². The van der Waals surface area contributed by atoms with Crippen molar-refractivity contribution in [1.29, 1.82) is 0 Å². The topological polar surface area (TPSA) is 58.9 Å². The van der Waals surface area contributed by atoms with Gasteiger partial charge < -0.3 is 19.7 Å². The fraction of sp³-hybridized carbons (Fsp3) is 1.00. The van der Waals surface area contributed by atoms with Crippen molar-refractivity contribution < 1.29 is 19.7 Å². The second-order valence-electron chi connectivity index (χ2n) is 13.2. The maximum Gasteiger partial charge on any atom is 0.171 e. The molecule has 176 valence electrons. The van der Waals surface area contributed by atoms with E-state index in [-0.39, 0.29) is 23.4 Å². The van der Waals surface area contributed by atoms with E-state index in [4.69, 9.17) is 9.47 Å². The first-order valence-electron chi connectivity index (χ1n) is 13.4. The number of aliphatic hydroxyl groups excluding tert-OH is 2. The highest BCUT2D eigenvalue weighted by molar-refractivity contribution is 5.16. The Kier molecular flexibility index (Phi) is 4.78. The molecule has 31 heavy (non-hydrogen) atoms. The van der Waals surface area contributed by atoms with Crippen LogP contribution in [0.15, 0.2) is 0 Å². The van der Waals surface area contributed by atoms with Crippen LogP contribution in [0.3, 0.4) is 0 Å². The maximum absolute atomic E-state index is 11.2. The summed E-state index contributed by atoms with van der Waals surface area (Å²) in [4.78, 5) is 0. The van der Waals surface area contributed by atoms with Crippen LogP contribution in [0.1, 0.15) is 85.5 Å². The van der Waals surface area contributed by atoms with E-state index in [1.807, 2.05) is 0 Å². The summed E-state index contributed by atoms with van der Waals surface area (Å²) >= 11 is 0. The first-order valence-corrected chi connectivity index (χ1v) is 13.4. The van der Waals surface area contributed by atoms with Crippen LogP contribution in [0, 0.1) is 52.3 Å². The molecule has 2 saturated heterocycles. The maximum atomic E-state index is 11.2. The van der Waals surface area contributed by atoms with Crippen LogP contribution in [0.5, 0.6) is 0 Å². The molecule has 0 amide bonds. The molecule has 2 N–H and O–H groups in total. The van der Waals surface area contributed by atoms with Gasteiger partial charge in [-0.3, -0.25) is 0 Å². The van der Waals surface area contributed by atoms with Gasteiger partial charge >= 0.3 is 0 Å². The number of aliphatic hydroxyl groups is 2. The zero-order valence-corrected chi connectivity index (χ0v) is 20.1. The summed E-state index contributed by atoms with van der Waals surface area (Å²) in [5.74, 6) is 3.89. The molecule has 6 aliphatic rings. The van der Waals surface area contributed by atoms with E-state index in [0.29, 0.717) is 59.4 Å². The first kappa shape index (κ1) is 21.4. The highest BCUT2D eigenvalue weighted by Crippen LogP contribution is 2.71. The minimum atomic E-state index is -0.351. The van der Waals surface area contributed by atoms with Gasteiger partial charge in [0.25, 0.3) is 0 Å². The molecular weight excluding hydrogens is 388 g/mol. The number of ether oxygens (including phenoxy) is 2. The predicted octanol–water partition coefficient (Wildman–Crippen LogP) is 4.76. The minimum absolute atomic E-state index is 0.0164. The molecule has 0 bridgehead atoms. The largest absolute Gasteiger partial charge is 0.393 e. The van der Waals surface area contributed by atoms with Crippen molar-refractivity contribution in [3.8, 4) is 0 Å². The lowest BCUT2D eigenvalue weighted by Crippen LogP contribution is -2.59. The van der Waals surface area contributed by atoms with Gasteiger partial charge in [-0.15, -0.1) is 0 Å². The van der Waals surface area contributed by atoms with E-state index in [2.05, 4.69) is 27.7 Å². The molecule has 6 fully saturated rings. The molecule has 2 heterocycles. The van der Waals surface area contributed by atoms with E-state index < -0.39 is 0 Å². The summed E-state index contributed by atoms with van der Waals surface area (Å²) in [7, 11) is 0. The standard InChI is InChI=1S/C27H44O4/c1-15-7-10-27(30-14-15)16(2)24-22(31-27)13-21-19-6-5-17-11-18(28)12-23(29)26(17,4)20(19)8-9-25(21,24)3/h15-24,28-29H,5-14H2,1-4H3. The average Bonchev–Trinajstić information content (AvgIpc) is 3.16. The summed E-state index contributed by atoms with van der Waals surface area (Å²) in [5, 5.41) is 21.5. The van der Waals surface area contributed by atoms with Crippen molar-refractivity contribution in [3.63, 3.8) is 0 Å². The highest BCUT2D eigenvalue weighted by Gasteiger charge is 2.69. The fourth-order valence-corrected chi connectivity index (χ4v) is 10.3. The molecular formula is C27H44O4. The Morgan fingerprint density at radius 3 is 2.42 bits per heavy atom. The van der Waals surface area contributed by atoms with Crippen LogP contribution in [-0.4, -0.2) is 40.9 Å². The first-order chi connectivity index (χ1) is 14.7. The molecule has 1 spiro atoms. The van der Waals surface area contributed by atoms with Gasteiger partial charge in [-0.1, -0.05) is 27.7 Å². The monoisotopic (exact) mass is 432 g/mol. The molecule has 0 aromatic rings. The van der Waals surface area contributed by atoms with Crippen LogP contribution in [-0.2, 0) is 9.47 Å². The van der Waals surface area contributed by atoms with Crippen molar-refractivity contribution >= 4 is 0 Å². The van der Waals surface area contributed by atoms with Crippen molar-refractivity contribution in [2.24, 2.45) is 52.3 Å². The Balaban J connectivity index is 1.27. The van der Waals surface area contributed by atoms with Gasteiger partial charge in [-0.05, 0) is 97.7 Å². The van der Waals surface area contributed by atoms with E-state index >= 15 is 0 Å². The molecule has 4 nitrogen and oxygen atoms in total. The van der Waals surface area contributed by atoms with Gasteiger partial charge in [0.1, 0.15) is 0 Å². The van der Waals surface area contributed by atoms with Crippen LogP contribution < -0.4 is 0 Å².